The molecule has 70 valence electrons. The Balaban J connectivity index is 3.32. The van der Waals surface area contributed by atoms with E-state index in [-0.39, 0.29) is 21.5 Å². The van der Waals surface area contributed by atoms with Crippen LogP contribution in [0.2, 0.25) is 0 Å². The molecule has 0 aliphatic heterocycles. The highest BCUT2D eigenvalue weighted by molar-refractivity contribution is 9.10. The highest BCUT2D eigenvalue weighted by atomic mass is 79.9. The van der Waals surface area contributed by atoms with Crippen molar-refractivity contribution in [3.05, 3.63) is 21.9 Å². The van der Waals surface area contributed by atoms with Crippen LogP contribution in [0.15, 0.2) is 10.7 Å². The number of nitrogens with zero attached hydrogens (tertiary/aromatic N) is 1. The quantitative estimate of drug-likeness (QED) is 0.647. The van der Waals surface area contributed by atoms with Crippen molar-refractivity contribution in [2.75, 3.05) is 5.73 Å². The number of halogens is 3. The molecule has 2 N–H and O–H groups in total. The Hall–Kier alpha value is -1.04. The predicted molar refractivity (Wildman–Crippen MR) is 46.7 cm³/mol. The monoisotopic (exact) mass is 250 g/mol. The van der Waals surface area contributed by atoms with E-state index in [9.17, 15) is 13.6 Å². The van der Waals surface area contributed by atoms with Crippen LogP contribution >= 0.6 is 15.9 Å². The molecule has 0 saturated carbocycles. The van der Waals surface area contributed by atoms with Gasteiger partial charge in [-0.2, -0.15) is 0 Å². The minimum atomic E-state index is -2.71. The van der Waals surface area contributed by atoms with Gasteiger partial charge in [-0.3, -0.25) is 4.79 Å². The molecule has 0 bridgehead atoms. The van der Waals surface area contributed by atoms with E-state index in [4.69, 9.17) is 5.73 Å². The number of aldehydes is 1. The van der Waals surface area contributed by atoms with Gasteiger partial charge in [0.1, 0.15) is 10.3 Å². The SMILES string of the molecule is Nc1c(C(F)F)cc(C=O)nc1Br. The molecule has 0 atom stereocenters. The fourth-order valence-corrected chi connectivity index (χ4v) is 1.24. The molecule has 0 unspecified atom stereocenters. The fraction of sp³-hybridized carbons (Fsp3) is 0.143. The van der Waals surface area contributed by atoms with Crippen LogP contribution in [0.1, 0.15) is 22.5 Å². The second kappa shape index (κ2) is 3.78. The van der Waals surface area contributed by atoms with Crippen LogP contribution in [-0.4, -0.2) is 11.3 Å². The number of hydrogen-bond donors (Lipinski definition) is 1. The van der Waals surface area contributed by atoms with E-state index in [1.165, 1.54) is 0 Å². The highest BCUT2D eigenvalue weighted by Gasteiger charge is 2.15. The molecule has 1 rings (SSSR count). The minimum Gasteiger partial charge on any atom is -0.396 e. The van der Waals surface area contributed by atoms with Gasteiger partial charge in [-0.05, 0) is 22.0 Å². The van der Waals surface area contributed by atoms with Gasteiger partial charge in [-0.25, -0.2) is 13.8 Å². The number of carbonyl (C=O) groups excluding carboxylic acids is 1. The van der Waals surface area contributed by atoms with Gasteiger partial charge in [-0.15, -0.1) is 0 Å². The number of carbonyl (C=O) groups is 1. The van der Waals surface area contributed by atoms with Crippen LogP contribution in [0.3, 0.4) is 0 Å². The molecule has 0 saturated heterocycles. The smallest absolute Gasteiger partial charge is 0.266 e. The van der Waals surface area contributed by atoms with Crippen LogP contribution in [-0.2, 0) is 0 Å². The summed E-state index contributed by atoms with van der Waals surface area (Å²) in [5.74, 6) is 0. The maximum absolute atomic E-state index is 12.3. The minimum absolute atomic E-state index is 0.0624. The largest absolute Gasteiger partial charge is 0.396 e. The molecule has 0 amide bonds. The second-order valence-electron chi connectivity index (χ2n) is 2.26. The summed E-state index contributed by atoms with van der Waals surface area (Å²) in [6, 6.07) is 0.970. The van der Waals surface area contributed by atoms with Gasteiger partial charge < -0.3 is 5.73 Å². The van der Waals surface area contributed by atoms with Crippen LogP contribution in [0.25, 0.3) is 0 Å². The average Bonchev–Trinajstić information content (AvgIpc) is 2.09. The number of alkyl halides is 2. The Labute approximate surface area is 81.1 Å². The van der Waals surface area contributed by atoms with Crippen molar-refractivity contribution in [3.8, 4) is 0 Å². The Morgan fingerprint density at radius 1 is 1.62 bits per heavy atom. The average molecular weight is 251 g/mol. The molecular formula is C7H5BrF2N2O. The standard InChI is InChI=1S/C7H5BrF2N2O/c8-6-5(11)4(7(9)10)1-3(2-13)12-6/h1-2,7H,11H2. The molecule has 0 aliphatic carbocycles. The van der Waals surface area contributed by atoms with Crippen LogP contribution < -0.4 is 5.73 Å². The number of nitrogens with two attached hydrogens (primary N) is 1. The van der Waals surface area contributed by atoms with E-state index in [1.807, 2.05) is 0 Å². The lowest BCUT2D eigenvalue weighted by atomic mass is 10.2. The van der Waals surface area contributed by atoms with Crippen molar-refractivity contribution in [3.63, 3.8) is 0 Å². The van der Waals surface area contributed by atoms with Crippen LogP contribution in [0, 0.1) is 0 Å². The molecule has 13 heavy (non-hydrogen) atoms. The Morgan fingerprint density at radius 3 is 2.69 bits per heavy atom. The molecule has 0 aliphatic rings. The first-order valence-electron chi connectivity index (χ1n) is 3.25. The Bertz CT molecular complexity index is 344. The normalized spacial score (nSPS) is 10.5. The first kappa shape index (κ1) is 10.0. The molecule has 1 aromatic rings. The number of aromatic nitrogens is 1. The van der Waals surface area contributed by atoms with E-state index < -0.39 is 6.43 Å². The lowest BCUT2D eigenvalue weighted by Crippen LogP contribution is -2.01. The zero-order chi connectivity index (χ0) is 10.0. The zero-order valence-corrected chi connectivity index (χ0v) is 7.88. The van der Waals surface area contributed by atoms with Gasteiger partial charge in [0.25, 0.3) is 6.43 Å². The maximum Gasteiger partial charge on any atom is 0.266 e. The first-order valence-corrected chi connectivity index (χ1v) is 4.04. The third-order valence-corrected chi connectivity index (χ3v) is 2.02. The predicted octanol–water partition coefficient (Wildman–Crippen LogP) is 2.18. The van der Waals surface area contributed by atoms with E-state index in [0.717, 1.165) is 6.07 Å². The summed E-state index contributed by atoms with van der Waals surface area (Å²) < 4.78 is 24.6. The van der Waals surface area contributed by atoms with Crippen molar-refractivity contribution >= 4 is 27.9 Å². The van der Waals surface area contributed by atoms with Crippen molar-refractivity contribution < 1.29 is 13.6 Å². The van der Waals surface area contributed by atoms with Gasteiger partial charge in [0, 0.05) is 5.56 Å². The first-order chi connectivity index (χ1) is 6.06. The summed E-state index contributed by atoms with van der Waals surface area (Å²) in [5, 5.41) is 0. The molecule has 1 aromatic heterocycles. The molecular weight excluding hydrogens is 246 g/mol. The number of pyridine rings is 1. The van der Waals surface area contributed by atoms with E-state index in [0.29, 0.717) is 6.29 Å². The van der Waals surface area contributed by atoms with Gasteiger partial charge in [0.15, 0.2) is 6.29 Å². The third kappa shape index (κ3) is 2.00. The lowest BCUT2D eigenvalue weighted by Gasteiger charge is -2.06. The van der Waals surface area contributed by atoms with E-state index in [2.05, 4.69) is 20.9 Å². The Kier molecular flexibility index (Phi) is 2.92. The summed E-state index contributed by atoms with van der Waals surface area (Å²) >= 11 is 2.88. The highest BCUT2D eigenvalue weighted by Crippen LogP contribution is 2.29. The van der Waals surface area contributed by atoms with Crippen molar-refractivity contribution in [1.29, 1.82) is 0 Å². The molecule has 0 spiro atoms. The number of anilines is 1. The number of hydrogen-bond acceptors (Lipinski definition) is 3. The van der Waals surface area contributed by atoms with Crippen molar-refractivity contribution in [2.45, 2.75) is 6.43 Å². The summed E-state index contributed by atoms with van der Waals surface area (Å²) in [6.45, 7) is 0. The van der Waals surface area contributed by atoms with Gasteiger partial charge in [0.05, 0.1) is 5.69 Å². The van der Waals surface area contributed by atoms with E-state index >= 15 is 0 Å². The van der Waals surface area contributed by atoms with Crippen LogP contribution in [0.5, 0.6) is 0 Å². The molecule has 3 nitrogen and oxygen atoms in total. The molecule has 0 radical (unpaired) electrons. The van der Waals surface area contributed by atoms with Crippen molar-refractivity contribution in [2.24, 2.45) is 0 Å². The van der Waals surface area contributed by atoms with E-state index in [1.54, 1.807) is 0 Å². The second-order valence-corrected chi connectivity index (χ2v) is 3.01. The van der Waals surface area contributed by atoms with Gasteiger partial charge in [0.2, 0.25) is 0 Å². The molecule has 1 heterocycles. The number of rotatable bonds is 2. The maximum atomic E-state index is 12.3. The van der Waals surface area contributed by atoms with Gasteiger partial charge in [-0.1, -0.05) is 0 Å². The molecule has 0 fully saturated rings. The topological polar surface area (TPSA) is 56.0 Å². The fourth-order valence-electron chi connectivity index (χ4n) is 0.803. The van der Waals surface area contributed by atoms with Crippen molar-refractivity contribution in [1.82, 2.24) is 4.98 Å². The van der Waals surface area contributed by atoms with Gasteiger partial charge >= 0.3 is 0 Å². The number of nitrogen functional groups attached to an aromatic ring is 1. The third-order valence-electron chi connectivity index (χ3n) is 1.42. The van der Waals surface area contributed by atoms with Crippen LogP contribution in [0.4, 0.5) is 14.5 Å². The molecule has 0 aromatic carbocycles. The summed E-state index contributed by atoms with van der Waals surface area (Å²) in [6.07, 6.45) is -2.33. The molecule has 6 heteroatoms. The summed E-state index contributed by atoms with van der Waals surface area (Å²) in [4.78, 5) is 13.9. The Morgan fingerprint density at radius 2 is 2.23 bits per heavy atom. The summed E-state index contributed by atoms with van der Waals surface area (Å²) in [7, 11) is 0. The summed E-state index contributed by atoms with van der Waals surface area (Å²) in [5.41, 5.74) is 4.71. The lowest BCUT2D eigenvalue weighted by molar-refractivity contribution is 0.111. The zero-order valence-electron chi connectivity index (χ0n) is 6.30.